The van der Waals surface area contributed by atoms with Crippen LogP contribution in [0.15, 0.2) is 48.9 Å². The number of nitrogens with zero attached hydrogens (tertiary/aromatic N) is 4. The highest BCUT2D eigenvalue weighted by Gasteiger charge is 2.26. The molecular formula is C23H26N4O2. The minimum absolute atomic E-state index is 0.163. The molecule has 0 N–H and O–H groups in total. The summed E-state index contributed by atoms with van der Waals surface area (Å²) in [4.78, 5) is 16.2. The quantitative estimate of drug-likeness (QED) is 0.672. The van der Waals surface area contributed by atoms with Crippen LogP contribution < -0.4 is 9.64 Å². The third kappa shape index (κ3) is 3.90. The number of rotatable bonds is 4. The van der Waals surface area contributed by atoms with Crippen molar-refractivity contribution in [1.82, 2.24) is 15.0 Å². The lowest BCUT2D eigenvalue weighted by atomic mass is 9.96. The Hall–Kier alpha value is -2.73. The van der Waals surface area contributed by atoms with E-state index in [4.69, 9.17) is 9.47 Å². The molecule has 6 nitrogen and oxygen atoms in total. The summed E-state index contributed by atoms with van der Waals surface area (Å²) in [5.74, 6) is 2.16. The van der Waals surface area contributed by atoms with Crippen LogP contribution in [0.1, 0.15) is 37.3 Å². The van der Waals surface area contributed by atoms with E-state index < -0.39 is 0 Å². The summed E-state index contributed by atoms with van der Waals surface area (Å²) in [6.07, 6.45) is 9.44. The standard InChI is InChI=1S/C23H26N4O2/c1-2-4-20-17(3-1)5-10-25-22(20)27-13-6-19(7-14-27)29-23-21(24-11-12-26-23)18-8-15-28-16-9-18/h1-5,10-12,18-19H,6-9,13-16H2. The fraction of sp³-hybridized carbons (Fsp3) is 0.435. The number of hydrogen-bond acceptors (Lipinski definition) is 6. The van der Waals surface area contributed by atoms with E-state index in [1.54, 1.807) is 12.4 Å². The van der Waals surface area contributed by atoms with Crippen LogP contribution in [0.5, 0.6) is 5.88 Å². The molecule has 3 aromatic rings. The molecule has 2 aromatic heterocycles. The monoisotopic (exact) mass is 390 g/mol. The van der Waals surface area contributed by atoms with Gasteiger partial charge >= 0.3 is 0 Å². The van der Waals surface area contributed by atoms with Crippen molar-refractivity contribution in [3.05, 3.63) is 54.6 Å². The average Bonchev–Trinajstić information content (AvgIpc) is 2.80. The van der Waals surface area contributed by atoms with Crippen LogP contribution in [0, 0.1) is 0 Å². The van der Waals surface area contributed by atoms with Gasteiger partial charge in [-0.1, -0.05) is 24.3 Å². The molecule has 0 unspecified atom stereocenters. The largest absolute Gasteiger partial charge is 0.473 e. The molecule has 4 heterocycles. The number of pyridine rings is 1. The molecule has 150 valence electrons. The van der Waals surface area contributed by atoms with E-state index >= 15 is 0 Å². The second-order valence-electron chi connectivity index (χ2n) is 7.79. The van der Waals surface area contributed by atoms with Crippen LogP contribution in [-0.4, -0.2) is 47.4 Å². The van der Waals surface area contributed by atoms with Gasteiger partial charge < -0.3 is 14.4 Å². The van der Waals surface area contributed by atoms with E-state index in [0.717, 1.165) is 63.5 Å². The molecule has 2 saturated heterocycles. The van der Waals surface area contributed by atoms with Gasteiger partial charge in [0, 0.05) is 69.0 Å². The Bertz CT molecular complexity index is 961. The lowest BCUT2D eigenvalue weighted by Crippen LogP contribution is -2.39. The molecule has 0 atom stereocenters. The summed E-state index contributed by atoms with van der Waals surface area (Å²) in [6, 6.07) is 10.5. The summed E-state index contributed by atoms with van der Waals surface area (Å²) in [5.41, 5.74) is 0.994. The SMILES string of the molecule is c1ccc2c(N3CCC(Oc4nccnc4C4CCOCC4)CC3)nccc2c1. The van der Waals surface area contributed by atoms with Crippen molar-refractivity contribution in [3.63, 3.8) is 0 Å². The molecule has 2 fully saturated rings. The van der Waals surface area contributed by atoms with E-state index in [0.29, 0.717) is 11.8 Å². The Kier molecular flexibility index (Phi) is 5.26. The third-order valence-electron chi connectivity index (χ3n) is 5.97. The maximum absolute atomic E-state index is 6.35. The highest BCUT2D eigenvalue weighted by molar-refractivity contribution is 5.92. The molecule has 6 heteroatoms. The predicted molar refractivity (Wildman–Crippen MR) is 112 cm³/mol. The van der Waals surface area contributed by atoms with Gasteiger partial charge in [-0.15, -0.1) is 0 Å². The Labute approximate surface area is 170 Å². The molecule has 29 heavy (non-hydrogen) atoms. The molecule has 0 radical (unpaired) electrons. The summed E-state index contributed by atoms with van der Waals surface area (Å²) < 4.78 is 11.8. The number of benzene rings is 1. The molecule has 2 aliphatic heterocycles. The molecule has 2 aliphatic rings. The Morgan fingerprint density at radius 1 is 0.862 bits per heavy atom. The number of ether oxygens (including phenoxy) is 2. The Morgan fingerprint density at radius 2 is 1.66 bits per heavy atom. The first kappa shape index (κ1) is 18.3. The Morgan fingerprint density at radius 3 is 2.52 bits per heavy atom. The van der Waals surface area contributed by atoms with Gasteiger partial charge in [0.05, 0.1) is 0 Å². The number of hydrogen-bond donors (Lipinski definition) is 0. The van der Waals surface area contributed by atoms with E-state index in [1.807, 2.05) is 6.20 Å². The van der Waals surface area contributed by atoms with Gasteiger partial charge in [-0.05, 0) is 24.3 Å². The molecule has 0 bridgehead atoms. The zero-order chi connectivity index (χ0) is 19.5. The highest BCUT2D eigenvalue weighted by Crippen LogP contribution is 2.32. The van der Waals surface area contributed by atoms with E-state index in [2.05, 4.69) is 50.2 Å². The van der Waals surface area contributed by atoms with Crippen molar-refractivity contribution in [2.75, 3.05) is 31.2 Å². The summed E-state index contributed by atoms with van der Waals surface area (Å²) in [6.45, 7) is 3.44. The van der Waals surface area contributed by atoms with Gasteiger partial charge in [0.15, 0.2) is 0 Å². The molecule has 0 aliphatic carbocycles. The predicted octanol–water partition coefficient (Wildman–Crippen LogP) is 3.97. The maximum Gasteiger partial charge on any atom is 0.236 e. The zero-order valence-electron chi connectivity index (χ0n) is 16.5. The van der Waals surface area contributed by atoms with Gasteiger partial charge in [-0.25, -0.2) is 9.97 Å². The van der Waals surface area contributed by atoms with E-state index in [-0.39, 0.29) is 6.10 Å². The second-order valence-corrected chi connectivity index (χ2v) is 7.79. The average molecular weight is 390 g/mol. The number of aromatic nitrogens is 3. The van der Waals surface area contributed by atoms with Gasteiger partial charge in [0.25, 0.3) is 0 Å². The van der Waals surface area contributed by atoms with E-state index in [1.165, 1.54) is 10.8 Å². The molecule has 5 rings (SSSR count). The smallest absolute Gasteiger partial charge is 0.236 e. The van der Waals surface area contributed by atoms with Crippen molar-refractivity contribution in [3.8, 4) is 5.88 Å². The highest BCUT2D eigenvalue weighted by atomic mass is 16.5. The summed E-state index contributed by atoms with van der Waals surface area (Å²) in [7, 11) is 0. The first-order chi connectivity index (χ1) is 14.4. The van der Waals surface area contributed by atoms with Crippen LogP contribution in [0.4, 0.5) is 5.82 Å². The zero-order valence-corrected chi connectivity index (χ0v) is 16.5. The Balaban J connectivity index is 1.27. The summed E-state index contributed by atoms with van der Waals surface area (Å²) in [5, 5.41) is 2.45. The fourth-order valence-corrected chi connectivity index (χ4v) is 4.38. The molecule has 0 spiro atoms. The molecule has 0 amide bonds. The second kappa shape index (κ2) is 8.33. The van der Waals surface area contributed by atoms with Crippen molar-refractivity contribution >= 4 is 16.6 Å². The minimum Gasteiger partial charge on any atom is -0.473 e. The third-order valence-corrected chi connectivity index (χ3v) is 5.97. The lowest BCUT2D eigenvalue weighted by molar-refractivity contribution is 0.0823. The maximum atomic E-state index is 6.35. The van der Waals surface area contributed by atoms with Crippen LogP contribution in [0.2, 0.25) is 0 Å². The van der Waals surface area contributed by atoms with Crippen molar-refractivity contribution in [2.24, 2.45) is 0 Å². The first-order valence-electron chi connectivity index (χ1n) is 10.5. The van der Waals surface area contributed by atoms with Gasteiger partial charge in [-0.2, -0.15) is 0 Å². The summed E-state index contributed by atoms with van der Waals surface area (Å²) >= 11 is 0. The van der Waals surface area contributed by atoms with Crippen molar-refractivity contribution in [1.29, 1.82) is 0 Å². The lowest BCUT2D eigenvalue weighted by Gasteiger charge is -2.33. The number of anilines is 1. The molecule has 0 saturated carbocycles. The van der Waals surface area contributed by atoms with Crippen LogP contribution in [0.3, 0.4) is 0 Å². The first-order valence-corrected chi connectivity index (χ1v) is 10.5. The molecule has 1 aromatic carbocycles. The topological polar surface area (TPSA) is 60.4 Å². The minimum atomic E-state index is 0.163. The van der Waals surface area contributed by atoms with Crippen LogP contribution >= 0.6 is 0 Å². The number of fused-ring (bicyclic) bond motifs is 1. The van der Waals surface area contributed by atoms with Crippen molar-refractivity contribution < 1.29 is 9.47 Å². The van der Waals surface area contributed by atoms with E-state index in [9.17, 15) is 0 Å². The van der Waals surface area contributed by atoms with Gasteiger partial charge in [-0.3, -0.25) is 4.98 Å². The van der Waals surface area contributed by atoms with Gasteiger partial charge in [0.1, 0.15) is 17.6 Å². The molecular weight excluding hydrogens is 364 g/mol. The van der Waals surface area contributed by atoms with Crippen LogP contribution in [-0.2, 0) is 4.74 Å². The van der Waals surface area contributed by atoms with Crippen LogP contribution in [0.25, 0.3) is 10.8 Å². The van der Waals surface area contributed by atoms with Gasteiger partial charge in [0.2, 0.25) is 5.88 Å². The fourth-order valence-electron chi connectivity index (χ4n) is 4.38. The van der Waals surface area contributed by atoms with Crippen molar-refractivity contribution in [2.45, 2.75) is 37.7 Å². The normalized spacial score (nSPS) is 18.8. The number of piperidine rings is 1.